The molecule has 1 aromatic carbocycles. The molecule has 6 nitrogen and oxygen atoms in total. The summed E-state index contributed by atoms with van der Waals surface area (Å²) in [6.45, 7) is 5.03. The van der Waals surface area contributed by atoms with E-state index in [4.69, 9.17) is 0 Å². The molecule has 25 heavy (non-hydrogen) atoms. The normalized spacial score (nSPS) is 14.5. The first-order chi connectivity index (χ1) is 12.1. The lowest BCUT2D eigenvalue weighted by Crippen LogP contribution is -2.50. The summed E-state index contributed by atoms with van der Waals surface area (Å²) in [5.74, 6) is 0.627. The van der Waals surface area contributed by atoms with Gasteiger partial charge in [0.05, 0.1) is 5.69 Å². The Hall–Kier alpha value is -3.15. The van der Waals surface area contributed by atoms with Gasteiger partial charge in [0, 0.05) is 29.7 Å². The van der Waals surface area contributed by atoms with E-state index in [1.54, 1.807) is 17.0 Å². The summed E-state index contributed by atoms with van der Waals surface area (Å²) in [6.07, 6.45) is 2.22. The molecule has 1 fully saturated rings. The minimum absolute atomic E-state index is 0.00826. The van der Waals surface area contributed by atoms with E-state index in [-0.39, 0.29) is 11.7 Å². The van der Waals surface area contributed by atoms with Gasteiger partial charge in [-0.15, -0.1) is 10.2 Å². The number of benzene rings is 1. The number of carbonyl (C=O) groups excluding carboxylic acids is 1. The van der Waals surface area contributed by atoms with Crippen LogP contribution in [-0.4, -0.2) is 44.2 Å². The topological polar surface area (TPSA) is 82.1 Å². The van der Waals surface area contributed by atoms with Crippen LogP contribution >= 0.6 is 0 Å². The second-order valence-corrected chi connectivity index (χ2v) is 6.36. The zero-order valence-electron chi connectivity index (χ0n) is 13.6. The molecular weight excluding hydrogens is 316 g/mol. The van der Waals surface area contributed by atoms with Crippen molar-refractivity contribution in [3.8, 4) is 17.0 Å². The average Bonchev–Trinajstić information content (AvgIpc) is 2.99. The van der Waals surface area contributed by atoms with Crippen molar-refractivity contribution in [2.24, 2.45) is 5.92 Å². The summed E-state index contributed by atoms with van der Waals surface area (Å²) < 4.78 is 0. The van der Waals surface area contributed by atoms with Crippen molar-refractivity contribution in [2.75, 3.05) is 13.1 Å². The number of rotatable bonds is 4. The summed E-state index contributed by atoms with van der Waals surface area (Å²) in [5, 5.41) is 19.4. The van der Waals surface area contributed by atoms with Gasteiger partial charge in [-0.1, -0.05) is 18.7 Å². The Bertz CT molecular complexity index is 957. The lowest BCUT2D eigenvalue weighted by Gasteiger charge is -2.38. The fourth-order valence-corrected chi connectivity index (χ4v) is 3.24. The molecule has 126 valence electrons. The number of fused-ring (bicyclic) bond motifs is 1. The quantitative estimate of drug-likeness (QED) is 0.718. The van der Waals surface area contributed by atoms with Crippen LogP contribution in [0.25, 0.3) is 22.3 Å². The highest BCUT2D eigenvalue weighted by molar-refractivity contribution is 5.87. The second-order valence-electron chi connectivity index (χ2n) is 6.36. The molecule has 2 aromatic heterocycles. The SMILES string of the molecule is C=CC(=O)N1CC(Cc2cc3cc(-c4ccccc4O)nnc3[nH]2)C1. The van der Waals surface area contributed by atoms with E-state index < -0.39 is 0 Å². The number of hydrogen-bond acceptors (Lipinski definition) is 4. The predicted octanol–water partition coefficient (Wildman–Crippen LogP) is 2.52. The zero-order valence-corrected chi connectivity index (χ0v) is 13.6. The Morgan fingerprint density at radius 2 is 2.12 bits per heavy atom. The highest BCUT2D eigenvalue weighted by atomic mass is 16.3. The molecule has 1 aliphatic rings. The summed E-state index contributed by atoms with van der Waals surface area (Å²) in [5.41, 5.74) is 3.11. The van der Waals surface area contributed by atoms with Crippen LogP contribution in [0, 0.1) is 5.92 Å². The number of nitrogens with one attached hydrogen (secondary N) is 1. The highest BCUT2D eigenvalue weighted by Crippen LogP contribution is 2.29. The Morgan fingerprint density at radius 3 is 2.88 bits per heavy atom. The number of likely N-dealkylation sites (tertiary alicyclic amines) is 1. The molecule has 0 spiro atoms. The van der Waals surface area contributed by atoms with E-state index in [0.29, 0.717) is 17.2 Å². The summed E-state index contributed by atoms with van der Waals surface area (Å²) in [6, 6.07) is 11.1. The Kier molecular flexibility index (Phi) is 3.72. The van der Waals surface area contributed by atoms with Crippen LogP contribution in [-0.2, 0) is 11.2 Å². The summed E-state index contributed by atoms with van der Waals surface area (Å²) >= 11 is 0. The molecule has 1 aliphatic heterocycles. The second kappa shape index (κ2) is 6.05. The molecule has 0 bridgehead atoms. The Labute approximate surface area is 144 Å². The molecule has 6 heteroatoms. The Balaban J connectivity index is 1.52. The predicted molar refractivity (Wildman–Crippen MR) is 95.0 cm³/mol. The molecule has 0 radical (unpaired) electrons. The largest absolute Gasteiger partial charge is 0.507 e. The van der Waals surface area contributed by atoms with Crippen LogP contribution in [0.15, 0.2) is 49.1 Å². The monoisotopic (exact) mass is 334 g/mol. The van der Waals surface area contributed by atoms with Crippen LogP contribution in [0.2, 0.25) is 0 Å². The highest BCUT2D eigenvalue weighted by Gasteiger charge is 2.29. The van der Waals surface area contributed by atoms with Gasteiger partial charge in [0.1, 0.15) is 5.75 Å². The minimum Gasteiger partial charge on any atom is -0.507 e. The molecule has 2 N–H and O–H groups in total. The van der Waals surface area contributed by atoms with E-state index in [0.717, 1.165) is 36.2 Å². The van der Waals surface area contributed by atoms with Crippen molar-refractivity contribution in [1.29, 1.82) is 0 Å². The van der Waals surface area contributed by atoms with Gasteiger partial charge in [-0.3, -0.25) is 4.79 Å². The third kappa shape index (κ3) is 2.87. The number of amides is 1. The minimum atomic E-state index is -0.00826. The van der Waals surface area contributed by atoms with Gasteiger partial charge in [0.15, 0.2) is 5.65 Å². The van der Waals surface area contributed by atoms with Gasteiger partial charge in [-0.25, -0.2) is 0 Å². The number of phenols is 1. The molecular formula is C19H18N4O2. The van der Waals surface area contributed by atoms with Crippen molar-refractivity contribution < 1.29 is 9.90 Å². The number of aromatic amines is 1. The van der Waals surface area contributed by atoms with Crippen LogP contribution in [0.1, 0.15) is 5.69 Å². The van der Waals surface area contributed by atoms with E-state index in [1.807, 2.05) is 18.2 Å². The maximum absolute atomic E-state index is 11.5. The zero-order chi connectivity index (χ0) is 17.4. The van der Waals surface area contributed by atoms with Crippen molar-refractivity contribution in [3.05, 3.63) is 54.7 Å². The molecule has 3 aromatic rings. The third-order valence-corrected chi connectivity index (χ3v) is 4.56. The number of aromatic nitrogens is 3. The van der Waals surface area contributed by atoms with Gasteiger partial charge in [-0.2, -0.15) is 0 Å². The molecule has 0 aliphatic carbocycles. The number of nitrogens with zero attached hydrogens (tertiary/aromatic N) is 3. The van der Waals surface area contributed by atoms with Crippen molar-refractivity contribution in [1.82, 2.24) is 20.1 Å². The number of aromatic hydroxyl groups is 1. The first-order valence-corrected chi connectivity index (χ1v) is 8.19. The van der Waals surface area contributed by atoms with Gasteiger partial charge in [0.2, 0.25) is 5.91 Å². The van der Waals surface area contributed by atoms with Gasteiger partial charge in [0.25, 0.3) is 0 Å². The number of carbonyl (C=O) groups is 1. The number of H-pyrrole nitrogens is 1. The molecule has 0 unspecified atom stereocenters. The smallest absolute Gasteiger partial charge is 0.245 e. The lowest BCUT2D eigenvalue weighted by molar-refractivity contribution is -0.132. The summed E-state index contributed by atoms with van der Waals surface area (Å²) in [4.78, 5) is 16.6. The maximum Gasteiger partial charge on any atom is 0.245 e. The van der Waals surface area contributed by atoms with Gasteiger partial charge >= 0.3 is 0 Å². The van der Waals surface area contributed by atoms with E-state index in [9.17, 15) is 9.90 Å². The molecule has 3 heterocycles. The van der Waals surface area contributed by atoms with Crippen molar-refractivity contribution >= 4 is 16.9 Å². The van der Waals surface area contributed by atoms with E-state index in [1.165, 1.54) is 6.08 Å². The first kappa shape index (κ1) is 15.4. The fraction of sp³-hybridized carbons (Fsp3) is 0.211. The fourth-order valence-electron chi connectivity index (χ4n) is 3.24. The maximum atomic E-state index is 11.5. The Morgan fingerprint density at radius 1 is 1.32 bits per heavy atom. The number of hydrogen-bond donors (Lipinski definition) is 2. The molecule has 4 rings (SSSR count). The van der Waals surface area contributed by atoms with E-state index >= 15 is 0 Å². The van der Waals surface area contributed by atoms with Crippen LogP contribution in [0.3, 0.4) is 0 Å². The molecule has 0 saturated carbocycles. The molecule has 0 atom stereocenters. The standard InChI is InChI=1S/C19H18N4O2/c1-2-18(25)23-10-12(11-23)7-14-8-13-9-16(21-22-19(13)20-14)15-5-3-4-6-17(15)24/h2-6,8-9,12,24H,1,7,10-11H2,(H,20,22). The van der Waals surface area contributed by atoms with Crippen LogP contribution in [0.4, 0.5) is 0 Å². The number of phenolic OH excluding ortho intramolecular Hbond substituents is 1. The molecule has 1 saturated heterocycles. The van der Waals surface area contributed by atoms with Crippen LogP contribution < -0.4 is 0 Å². The van der Waals surface area contributed by atoms with Crippen molar-refractivity contribution in [2.45, 2.75) is 6.42 Å². The summed E-state index contributed by atoms with van der Waals surface area (Å²) in [7, 11) is 0. The van der Waals surface area contributed by atoms with Crippen LogP contribution in [0.5, 0.6) is 5.75 Å². The lowest BCUT2D eigenvalue weighted by atomic mass is 9.94. The van der Waals surface area contributed by atoms with E-state index in [2.05, 4.69) is 27.8 Å². The van der Waals surface area contributed by atoms with Gasteiger partial charge in [-0.05, 0) is 42.7 Å². The van der Waals surface area contributed by atoms with Gasteiger partial charge < -0.3 is 15.0 Å². The third-order valence-electron chi connectivity index (χ3n) is 4.56. The first-order valence-electron chi connectivity index (χ1n) is 8.19. The molecule has 1 amide bonds. The average molecular weight is 334 g/mol. The number of para-hydroxylation sites is 1. The van der Waals surface area contributed by atoms with Crippen molar-refractivity contribution in [3.63, 3.8) is 0 Å².